The largest absolute Gasteiger partial charge is 0.434 e. The maximum Gasteiger partial charge on any atom is 0.239 e. The Morgan fingerprint density at radius 2 is 2.20 bits per heavy atom. The molecule has 0 amide bonds. The highest BCUT2D eigenvalue weighted by Gasteiger charge is 2.12. The summed E-state index contributed by atoms with van der Waals surface area (Å²) in [5.41, 5.74) is 0. The van der Waals surface area contributed by atoms with Crippen LogP contribution in [0.15, 0.2) is 23.2 Å². The van der Waals surface area contributed by atoms with E-state index in [2.05, 4.69) is 57.1 Å². The Bertz CT molecular complexity index is 570. The van der Waals surface area contributed by atoms with Gasteiger partial charge in [0, 0.05) is 12.6 Å². The lowest BCUT2D eigenvalue weighted by molar-refractivity contribution is 0.455. The van der Waals surface area contributed by atoms with Crippen LogP contribution in [-0.2, 0) is 0 Å². The molecule has 20 heavy (non-hydrogen) atoms. The lowest BCUT2D eigenvalue weighted by Crippen LogP contribution is -2.04. The van der Waals surface area contributed by atoms with E-state index in [9.17, 15) is 0 Å². The zero-order chi connectivity index (χ0) is 14.5. The van der Waals surface area contributed by atoms with Crippen molar-refractivity contribution in [3.8, 4) is 11.6 Å². The molecule has 0 aliphatic heterocycles. The van der Waals surface area contributed by atoms with Gasteiger partial charge in [-0.15, -0.1) is 0 Å². The predicted molar refractivity (Wildman–Crippen MR) is 81.2 cm³/mol. The van der Waals surface area contributed by atoms with Gasteiger partial charge in [-0.1, -0.05) is 6.92 Å². The van der Waals surface area contributed by atoms with Crippen molar-refractivity contribution in [3.05, 3.63) is 23.2 Å². The molecule has 0 spiro atoms. The van der Waals surface area contributed by atoms with Crippen LogP contribution in [0.25, 0.3) is 0 Å². The molecule has 0 unspecified atom stereocenters. The van der Waals surface area contributed by atoms with Crippen LogP contribution in [0.5, 0.6) is 11.6 Å². The molecule has 7 heteroatoms. The molecule has 1 N–H and O–H groups in total. The summed E-state index contributed by atoms with van der Waals surface area (Å²) in [6.45, 7) is 7.06. The van der Waals surface area contributed by atoms with Crippen LogP contribution in [-0.4, -0.2) is 26.3 Å². The molecule has 2 rings (SSSR count). The molecule has 0 saturated heterocycles. The lowest BCUT2D eigenvalue weighted by Gasteiger charge is -2.09. The van der Waals surface area contributed by atoms with Crippen molar-refractivity contribution in [1.82, 2.24) is 19.7 Å². The minimum absolute atomic E-state index is 0.294. The molecule has 6 nitrogen and oxygen atoms in total. The van der Waals surface area contributed by atoms with Crippen LogP contribution < -0.4 is 10.1 Å². The summed E-state index contributed by atoms with van der Waals surface area (Å²) < 4.78 is 8.29. The van der Waals surface area contributed by atoms with Gasteiger partial charge >= 0.3 is 0 Å². The van der Waals surface area contributed by atoms with Crippen LogP contribution in [0.2, 0.25) is 0 Å². The Morgan fingerprint density at radius 1 is 1.40 bits per heavy atom. The number of hydrogen-bond donors (Lipinski definition) is 1. The first-order valence-electron chi connectivity index (χ1n) is 6.58. The summed E-state index contributed by atoms with van der Waals surface area (Å²) in [6.07, 6.45) is 6.02. The summed E-state index contributed by atoms with van der Waals surface area (Å²) in [5.74, 6) is 1.86. The van der Waals surface area contributed by atoms with Gasteiger partial charge in [-0.25, -0.2) is 9.97 Å². The molecule has 0 radical (unpaired) electrons. The van der Waals surface area contributed by atoms with Gasteiger partial charge in [0.2, 0.25) is 5.88 Å². The highest BCUT2D eigenvalue weighted by molar-refractivity contribution is 9.10. The first-order chi connectivity index (χ1) is 9.61. The van der Waals surface area contributed by atoms with Crippen molar-refractivity contribution in [3.63, 3.8) is 0 Å². The molecule has 0 atom stereocenters. The third kappa shape index (κ3) is 3.47. The zero-order valence-corrected chi connectivity index (χ0v) is 13.4. The van der Waals surface area contributed by atoms with Gasteiger partial charge in [0.1, 0.15) is 16.6 Å². The number of anilines is 1. The van der Waals surface area contributed by atoms with E-state index in [-0.39, 0.29) is 0 Å². The summed E-state index contributed by atoms with van der Waals surface area (Å²) in [6, 6.07) is 0.294. The monoisotopic (exact) mass is 339 g/mol. The van der Waals surface area contributed by atoms with Gasteiger partial charge < -0.3 is 10.1 Å². The molecule has 2 heterocycles. The number of halogens is 1. The average molecular weight is 340 g/mol. The normalized spacial score (nSPS) is 10.8. The van der Waals surface area contributed by atoms with Crippen LogP contribution in [0.3, 0.4) is 0 Å². The van der Waals surface area contributed by atoms with Crippen LogP contribution >= 0.6 is 15.9 Å². The average Bonchev–Trinajstić information content (AvgIpc) is 2.88. The maximum atomic E-state index is 5.74. The van der Waals surface area contributed by atoms with E-state index < -0.39 is 0 Å². The summed E-state index contributed by atoms with van der Waals surface area (Å²) >= 11 is 3.46. The zero-order valence-electron chi connectivity index (χ0n) is 11.8. The molecule has 0 fully saturated rings. The number of ether oxygens (including phenoxy) is 1. The molecule has 0 saturated carbocycles. The Morgan fingerprint density at radius 3 is 2.85 bits per heavy atom. The Kier molecular flexibility index (Phi) is 4.94. The second-order valence-electron chi connectivity index (χ2n) is 4.62. The maximum absolute atomic E-state index is 5.74. The van der Waals surface area contributed by atoms with Crippen molar-refractivity contribution in [2.45, 2.75) is 33.2 Å². The molecular formula is C13H18BrN5O. The number of nitrogens with zero attached hydrogens (tertiary/aromatic N) is 4. The Hall–Kier alpha value is -1.63. The van der Waals surface area contributed by atoms with Crippen LogP contribution in [0.4, 0.5) is 5.82 Å². The summed E-state index contributed by atoms with van der Waals surface area (Å²) in [4.78, 5) is 8.32. The first kappa shape index (κ1) is 14.8. The van der Waals surface area contributed by atoms with E-state index in [1.54, 1.807) is 6.20 Å². The van der Waals surface area contributed by atoms with Crippen molar-refractivity contribution < 1.29 is 4.74 Å². The van der Waals surface area contributed by atoms with E-state index in [1.165, 1.54) is 6.33 Å². The summed E-state index contributed by atoms with van der Waals surface area (Å²) in [5, 5.41) is 7.44. The standard InChI is InChI=1S/C13H18BrN5O/c1-4-5-15-12-11(14)13(17-8-16-12)20-10-6-18-19(7-10)9(2)3/h6-9H,4-5H2,1-3H3,(H,15,16,17). The third-order valence-corrected chi connectivity index (χ3v) is 3.34. The fraction of sp³-hybridized carbons (Fsp3) is 0.462. The number of aromatic nitrogens is 4. The van der Waals surface area contributed by atoms with Gasteiger partial charge in [0.25, 0.3) is 0 Å². The van der Waals surface area contributed by atoms with Crippen LogP contribution in [0, 0.1) is 0 Å². The second-order valence-corrected chi connectivity index (χ2v) is 5.41. The van der Waals surface area contributed by atoms with Crippen molar-refractivity contribution >= 4 is 21.7 Å². The second kappa shape index (κ2) is 6.69. The predicted octanol–water partition coefficient (Wildman–Crippen LogP) is 3.63. The molecule has 2 aromatic heterocycles. The lowest BCUT2D eigenvalue weighted by atomic mass is 10.4. The molecule has 2 aromatic rings. The Labute approximate surface area is 126 Å². The van der Waals surface area contributed by atoms with Gasteiger partial charge in [0.05, 0.1) is 12.4 Å². The minimum atomic E-state index is 0.294. The van der Waals surface area contributed by atoms with E-state index in [0.29, 0.717) is 22.1 Å². The molecule has 0 aliphatic rings. The molecule has 0 bridgehead atoms. The number of hydrogen-bond acceptors (Lipinski definition) is 5. The third-order valence-electron chi connectivity index (χ3n) is 2.62. The van der Waals surface area contributed by atoms with Gasteiger partial charge in [-0.05, 0) is 36.2 Å². The van der Waals surface area contributed by atoms with E-state index >= 15 is 0 Å². The quantitative estimate of drug-likeness (QED) is 0.870. The van der Waals surface area contributed by atoms with E-state index in [0.717, 1.165) is 18.8 Å². The number of nitrogens with one attached hydrogen (secondary N) is 1. The smallest absolute Gasteiger partial charge is 0.239 e. The highest BCUT2D eigenvalue weighted by Crippen LogP contribution is 2.31. The Balaban J connectivity index is 2.15. The van der Waals surface area contributed by atoms with Crippen molar-refractivity contribution in [2.24, 2.45) is 0 Å². The fourth-order valence-corrected chi connectivity index (χ4v) is 1.98. The van der Waals surface area contributed by atoms with Gasteiger partial charge in [0.15, 0.2) is 5.75 Å². The molecule has 0 aromatic carbocycles. The first-order valence-corrected chi connectivity index (χ1v) is 7.37. The van der Waals surface area contributed by atoms with Crippen LogP contribution in [0.1, 0.15) is 33.2 Å². The van der Waals surface area contributed by atoms with Crippen molar-refractivity contribution in [2.75, 3.05) is 11.9 Å². The molecule has 0 aliphatic carbocycles. The molecule has 108 valence electrons. The van der Waals surface area contributed by atoms with Gasteiger partial charge in [-0.3, -0.25) is 4.68 Å². The SMILES string of the molecule is CCCNc1ncnc(Oc2cnn(C(C)C)c2)c1Br. The van der Waals surface area contributed by atoms with Gasteiger partial charge in [-0.2, -0.15) is 5.10 Å². The number of rotatable bonds is 6. The topological polar surface area (TPSA) is 64.9 Å². The van der Waals surface area contributed by atoms with E-state index in [4.69, 9.17) is 4.74 Å². The van der Waals surface area contributed by atoms with Crippen molar-refractivity contribution in [1.29, 1.82) is 0 Å². The fourth-order valence-electron chi connectivity index (χ4n) is 1.56. The minimum Gasteiger partial charge on any atom is -0.434 e. The summed E-state index contributed by atoms with van der Waals surface area (Å²) in [7, 11) is 0. The molecular weight excluding hydrogens is 322 g/mol. The van der Waals surface area contributed by atoms with E-state index in [1.807, 2.05) is 10.9 Å². The highest BCUT2D eigenvalue weighted by atomic mass is 79.9.